The lowest BCUT2D eigenvalue weighted by Gasteiger charge is -2.34. The van der Waals surface area contributed by atoms with E-state index in [4.69, 9.17) is 16.3 Å². The Kier molecular flexibility index (Phi) is 4.53. The molecule has 1 saturated heterocycles. The minimum absolute atomic E-state index is 0.00136. The first-order valence-corrected chi connectivity index (χ1v) is 9.53. The van der Waals surface area contributed by atoms with Crippen LogP contribution in [0, 0.1) is 0 Å². The van der Waals surface area contributed by atoms with Crippen LogP contribution in [0.1, 0.15) is 32.6 Å². The van der Waals surface area contributed by atoms with Gasteiger partial charge in [0.1, 0.15) is 10.6 Å². The topological polar surface area (TPSA) is 75.7 Å². The maximum absolute atomic E-state index is 13.0. The van der Waals surface area contributed by atoms with Crippen LogP contribution in [0.2, 0.25) is 5.02 Å². The van der Waals surface area contributed by atoms with E-state index >= 15 is 0 Å². The van der Waals surface area contributed by atoms with E-state index in [1.165, 1.54) is 12.1 Å². The molecule has 1 atom stereocenters. The van der Waals surface area contributed by atoms with Crippen LogP contribution in [-0.2, 0) is 14.8 Å². The van der Waals surface area contributed by atoms with Crippen molar-refractivity contribution >= 4 is 33.2 Å². The Hall–Kier alpha value is -1.31. The Morgan fingerprint density at radius 1 is 1.39 bits per heavy atom. The molecule has 0 unspecified atom stereocenters. The van der Waals surface area contributed by atoms with Crippen molar-refractivity contribution in [1.82, 2.24) is 4.31 Å². The average molecular weight is 359 g/mol. The third kappa shape index (κ3) is 3.05. The highest BCUT2D eigenvalue weighted by molar-refractivity contribution is 7.89. The number of halogens is 1. The lowest BCUT2D eigenvalue weighted by atomic mass is 10.0. The second-order valence-corrected chi connectivity index (χ2v) is 8.06. The number of nitrogens with one attached hydrogen (secondary N) is 1. The van der Waals surface area contributed by atoms with Crippen LogP contribution in [0.15, 0.2) is 17.0 Å². The molecule has 23 heavy (non-hydrogen) atoms. The molecular formula is C15H19ClN2O4S. The molecule has 0 aliphatic carbocycles. The van der Waals surface area contributed by atoms with Crippen LogP contribution in [0.4, 0.5) is 5.69 Å². The van der Waals surface area contributed by atoms with Gasteiger partial charge in [-0.05, 0) is 25.3 Å². The fourth-order valence-corrected chi connectivity index (χ4v) is 5.39. The molecule has 8 heteroatoms. The van der Waals surface area contributed by atoms with Crippen molar-refractivity contribution in [3.63, 3.8) is 0 Å². The van der Waals surface area contributed by atoms with Gasteiger partial charge < -0.3 is 10.1 Å². The predicted molar refractivity (Wildman–Crippen MR) is 87.4 cm³/mol. The van der Waals surface area contributed by atoms with Crippen LogP contribution in [0.5, 0.6) is 5.75 Å². The fourth-order valence-electron chi connectivity index (χ4n) is 3.10. The van der Waals surface area contributed by atoms with E-state index in [2.05, 4.69) is 5.32 Å². The summed E-state index contributed by atoms with van der Waals surface area (Å²) in [5.41, 5.74) is 0.399. The number of sulfonamides is 1. The van der Waals surface area contributed by atoms with Gasteiger partial charge >= 0.3 is 0 Å². The summed E-state index contributed by atoms with van der Waals surface area (Å²) in [5.74, 6) is 0.0453. The molecule has 1 amide bonds. The Labute approximate surface area is 140 Å². The molecule has 3 rings (SSSR count). The molecule has 0 spiro atoms. The van der Waals surface area contributed by atoms with Crippen LogP contribution in [-0.4, -0.2) is 37.8 Å². The normalized spacial score (nSPS) is 22.2. The number of nitrogens with zero attached hydrogens (tertiary/aromatic N) is 1. The molecule has 0 saturated carbocycles. The molecule has 126 valence electrons. The van der Waals surface area contributed by atoms with Gasteiger partial charge in [-0.15, -0.1) is 0 Å². The van der Waals surface area contributed by atoms with Gasteiger partial charge in [0.2, 0.25) is 10.0 Å². The molecule has 1 fully saturated rings. The summed E-state index contributed by atoms with van der Waals surface area (Å²) in [5, 5.41) is 2.71. The van der Waals surface area contributed by atoms with Crippen molar-refractivity contribution < 1.29 is 17.9 Å². The largest absolute Gasteiger partial charge is 0.482 e. The highest BCUT2D eigenvalue weighted by atomic mass is 35.5. The highest BCUT2D eigenvalue weighted by Gasteiger charge is 2.35. The minimum Gasteiger partial charge on any atom is -0.482 e. The zero-order valence-corrected chi connectivity index (χ0v) is 14.4. The van der Waals surface area contributed by atoms with Crippen molar-refractivity contribution in [3.05, 3.63) is 17.2 Å². The number of anilines is 1. The summed E-state index contributed by atoms with van der Waals surface area (Å²) in [7, 11) is -3.69. The summed E-state index contributed by atoms with van der Waals surface area (Å²) < 4.78 is 32.9. The van der Waals surface area contributed by atoms with Crippen molar-refractivity contribution in [3.8, 4) is 5.75 Å². The molecule has 0 bridgehead atoms. The maximum atomic E-state index is 13.0. The van der Waals surface area contributed by atoms with Crippen molar-refractivity contribution in [2.45, 2.75) is 43.5 Å². The summed E-state index contributed by atoms with van der Waals surface area (Å²) in [6, 6.07) is 2.85. The lowest BCUT2D eigenvalue weighted by molar-refractivity contribution is -0.118. The van der Waals surface area contributed by atoms with E-state index in [0.29, 0.717) is 18.0 Å². The number of hydrogen-bond acceptors (Lipinski definition) is 4. The SMILES string of the molecule is CC[C@H]1CCCCN1S(=O)(=O)c1cc2c(cc1Cl)NC(=O)CO2. The number of carbonyl (C=O) groups is 1. The minimum atomic E-state index is -3.69. The van der Waals surface area contributed by atoms with Gasteiger partial charge in [-0.2, -0.15) is 4.31 Å². The third-order valence-corrected chi connectivity index (χ3v) is 6.71. The molecular weight excluding hydrogens is 340 g/mol. The summed E-state index contributed by atoms with van der Waals surface area (Å²) in [6.45, 7) is 2.37. The smallest absolute Gasteiger partial charge is 0.262 e. The lowest BCUT2D eigenvalue weighted by Crippen LogP contribution is -2.43. The number of carbonyl (C=O) groups excluding carboxylic acids is 1. The first kappa shape index (κ1) is 16.5. The quantitative estimate of drug-likeness (QED) is 0.901. The number of amides is 1. The summed E-state index contributed by atoms with van der Waals surface area (Å²) in [6.07, 6.45) is 3.53. The van der Waals surface area contributed by atoms with Crippen LogP contribution in [0.3, 0.4) is 0 Å². The third-order valence-electron chi connectivity index (χ3n) is 4.30. The van der Waals surface area contributed by atoms with Crippen LogP contribution >= 0.6 is 11.6 Å². The van der Waals surface area contributed by atoms with E-state index in [1.54, 1.807) is 4.31 Å². The Bertz CT molecular complexity index is 735. The number of piperidine rings is 1. The monoisotopic (exact) mass is 358 g/mol. The first-order valence-electron chi connectivity index (χ1n) is 7.71. The van der Waals surface area contributed by atoms with Gasteiger partial charge in [0.05, 0.1) is 10.7 Å². The van der Waals surface area contributed by atoms with Crippen molar-refractivity contribution in [1.29, 1.82) is 0 Å². The number of hydrogen-bond donors (Lipinski definition) is 1. The number of ether oxygens (including phenoxy) is 1. The van der Waals surface area contributed by atoms with Gasteiger partial charge in [0, 0.05) is 18.7 Å². The molecule has 2 aliphatic heterocycles. The molecule has 0 radical (unpaired) electrons. The standard InChI is InChI=1S/C15H19ClN2O4S/c1-2-10-5-3-4-6-18(10)23(20,21)14-8-13-12(7-11(14)16)17-15(19)9-22-13/h7-8,10H,2-6,9H2,1H3,(H,17,19)/t10-/m0/s1. The van der Waals surface area contributed by atoms with Crippen LogP contribution < -0.4 is 10.1 Å². The van der Waals surface area contributed by atoms with E-state index in [1.807, 2.05) is 6.92 Å². The molecule has 6 nitrogen and oxygen atoms in total. The zero-order chi connectivity index (χ0) is 16.6. The summed E-state index contributed by atoms with van der Waals surface area (Å²) in [4.78, 5) is 11.4. The molecule has 2 heterocycles. The second kappa shape index (κ2) is 6.30. The average Bonchev–Trinajstić information content (AvgIpc) is 2.53. The van der Waals surface area contributed by atoms with Crippen molar-refractivity contribution in [2.24, 2.45) is 0 Å². The molecule has 0 aromatic heterocycles. The van der Waals surface area contributed by atoms with E-state index < -0.39 is 10.0 Å². The number of fused-ring (bicyclic) bond motifs is 1. The van der Waals surface area contributed by atoms with Gasteiger partial charge in [-0.1, -0.05) is 24.9 Å². The molecule has 1 aromatic rings. The molecule has 1 aromatic carbocycles. The Morgan fingerprint density at radius 2 is 2.17 bits per heavy atom. The van der Waals surface area contributed by atoms with E-state index in [9.17, 15) is 13.2 Å². The Morgan fingerprint density at radius 3 is 2.91 bits per heavy atom. The summed E-state index contributed by atoms with van der Waals surface area (Å²) >= 11 is 6.19. The van der Waals surface area contributed by atoms with Gasteiger partial charge in [0.15, 0.2) is 6.61 Å². The number of rotatable bonds is 3. The van der Waals surface area contributed by atoms with Crippen LogP contribution in [0.25, 0.3) is 0 Å². The maximum Gasteiger partial charge on any atom is 0.262 e. The fraction of sp³-hybridized carbons (Fsp3) is 0.533. The van der Waals surface area contributed by atoms with Gasteiger partial charge in [-0.25, -0.2) is 8.42 Å². The number of benzene rings is 1. The Balaban J connectivity index is 2.01. The van der Waals surface area contributed by atoms with E-state index in [-0.39, 0.29) is 28.5 Å². The van der Waals surface area contributed by atoms with E-state index in [0.717, 1.165) is 25.7 Å². The predicted octanol–water partition coefficient (Wildman–Crippen LogP) is 2.62. The molecule has 1 N–H and O–H groups in total. The zero-order valence-electron chi connectivity index (χ0n) is 12.8. The second-order valence-electron chi connectivity index (χ2n) is 5.79. The first-order chi connectivity index (χ1) is 10.9. The van der Waals surface area contributed by atoms with Gasteiger partial charge in [-0.3, -0.25) is 4.79 Å². The highest BCUT2D eigenvalue weighted by Crippen LogP contribution is 2.38. The van der Waals surface area contributed by atoms with Crippen molar-refractivity contribution in [2.75, 3.05) is 18.5 Å². The van der Waals surface area contributed by atoms with Gasteiger partial charge in [0.25, 0.3) is 5.91 Å². The molecule has 2 aliphatic rings.